The third-order valence-corrected chi connectivity index (χ3v) is 3.64. The van der Waals surface area contributed by atoms with Crippen LogP contribution in [0.2, 0.25) is 5.02 Å². The summed E-state index contributed by atoms with van der Waals surface area (Å²) in [6.45, 7) is 2.79. The van der Waals surface area contributed by atoms with Crippen molar-refractivity contribution < 1.29 is 14.6 Å². The van der Waals surface area contributed by atoms with Crippen molar-refractivity contribution in [2.75, 3.05) is 6.61 Å². The van der Waals surface area contributed by atoms with Gasteiger partial charge in [0.05, 0.1) is 24.6 Å². The molecule has 1 aromatic carbocycles. The molecule has 0 fully saturated rings. The molecule has 0 aliphatic carbocycles. The average Bonchev–Trinajstić information content (AvgIpc) is 2.78. The summed E-state index contributed by atoms with van der Waals surface area (Å²) in [5.74, 6) is -1.03. The first-order chi connectivity index (χ1) is 9.58. The van der Waals surface area contributed by atoms with Crippen LogP contribution in [-0.4, -0.2) is 27.5 Å². The van der Waals surface area contributed by atoms with Gasteiger partial charge >= 0.3 is 5.97 Å². The van der Waals surface area contributed by atoms with Crippen LogP contribution < -0.4 is 0 Å². The summed E-state index contributed by atoms with van der Waals surface area (Å²) in [5.41, 5.74) is 3.43. The summed E-state index contributed by atoms with van der Waals surface area (Å²) in [7, 11) is 0. The number of carbonyl (C=O) groups is 1. The highest BCUT2D eigenvalue weighted by atomic mass is 35.5. The second kappa shape index (κ2) is 4.92. The van der Waals surface area contributed by atoms with Crippen molar-refractivity contribution in [3.8, 4) is 5.69 Å². The van der Waals surface area contributed by atoms with Gasteiger partial charge in [0.2, 0.25) is 0 Å². The van der Waals surface area contributed by atoms with Crippen molar-refractivity contribution in [3.63, 3.8) is 0 Å². The summed E-state index contributed by atoms with van der Waals surface area (Å²) in [6.07, 6.45) is 0.650. The predicted octanol–water partition coefficient (Wildman–Crippen LogP) is 2.61. The molecule has 1 aliphatic rings. The van der Waals surface area contributed by atoms with E-state index in [1.54, 1.807) is 10.7 Å². The van der Waals surface area contributed by atoms with E-state index in [-0.39, 0.29) is 5.69 Å². The maximum absolute atomic E-state index is 11.3. The number of ether oxygens (including phenoxy) is 1. The van der Waals surface area contributed by atoms with E-state index in [0.717, 1.165) is 16.9 Å². The molecule has 0 bridgehead atoms. The van der Waals surface area contributed by atoms with E-state index in [1.807, 2.05) is 19.1 Å². The van der Waals surface area contributed by atoms with E-state index in [1.165, 1.54) is 0 Å². The molecule has 0 amide bonds. The van der Waals surface area contributed by atoms with Gasteiger partial charge in [0.25, 0.3) is 0 Å². The minimum Gasteiger partial charge on any atom is -0.476 e. The van der Waals surface area contributed by atoms with Gasteiger partial charge in [-0.3, -0.25) is 0 Å². The Labute approximate surface area is 120 Å². The molecule has 1 N–H and O–H groups in total. The zero-order chi connectivity index (χ0) is 14.3. The number of hydrogen-bond acceptors (Lipinski definition) is 3. The molecular formula is C14H13ClN2O3. The van der Waals surface area contributed by atoms with Crippen molar-refractivity contribution in [1.82, 2.24) is 9.78 Å². The molecule has 20 heavy (non-hydrogen) atoms. The van der Waals surface area contributed by atoms with Crippen molar-refractivity contribution >= 4 is 17.6 Å². The highest BCUT2D eigenvalue weighted by molar-refractivity contribution is 6.30. The Morgan fingerprint density at radius 1 is 1.50 bits per heavy atom. The Hall–Kier alpha value is -1.85. The summed E-state index contributed by atoms with van der Waals surface area (Å²) in [4.78, 5) is 11.3. The van der Waals surface area contributed by atoms with Crippen molar-refractivity contribution in [2.24, 2.45) is 0 Å². The van der Waals surface area contributed by atoms with Gasteiger partial charge in [-0.2, -0.15) is 5.10 Å². The monoisotopic (exact) mass is 292 g/mol. The van der Waals surface area contributed by atoms with Crippen LogP contribution in [-0.2, 0) is 17.8 Å². The third kappa shape index (κ3) is 2.09. The van der Waals surface area contributed by atoms with E-state index in [0.29, 0.717) is 30.2 Å². The lowest BCUT2D eigenvalue weighted by atomic mass is 10.1. The number of aromatic carboxylic acids is 1. The van der Waals surface area contributed by atoms with Crippen molar-refractivity contribution in [2.45, 2.75) is 20.0 Å². The van der Waals surface area contributed by atoms with Gasteiger partial charge in [0.15, 0.2) is 5.69 Å². The largest absolute Gasteiger partial charge is 0.476 e. The number of hydrogen-bond donors (Lipinski definition) is 1. The van der Waals surface area contributed by atoms with Crippen LogP contribution >= 0.6 is 11.6 Å². The molecule has 3 rings (SSSR count). The first-order valence-corrected chi connectivity index (χ1v) is 6.64. The van der Waals surface area contributed by atoms with Gasteiger partial charge < -0.3 is 9.84 Å². The molecule has 104 valence electrons. The summed E-state index contributed by atoms with van der Waals surface area (Å²) < 4.78 is 7.05. The van der Waals surface area contributed by atoms with Gasteiger partial charge in [-0.15, -0.1) is 0 Å². The van der Waals surface area contributed by atoms with Crippen LogP contribution in [0.15, 0.2) is 18.2 Å². The Morgan fingerprint density at radius 3 is 3.00 bits per heavy atom. The van der Waals surface area contributed by atoms with Gasteiger partial charge in [0.1, 0.15) is 0 Å². The zero-order valence-electron chi connectivity index (χ0n) is 10.9. The molecule has 0 saturated carbocycles. The fourth-order valence-corrected chi connectivity index (χ4v) is 2.69. The van der Waals surface area contributed by atoms with E-state index in [2.05, 4.69) is 5.10 Å². The average molecular weight is 293 g/mol. The van der Waals surface area contributed by atoms with E-state index in [4.69, 9.17) is 16.3 Å². The lowest BCUT2D eigenvalue weighted by Crippen LogP contribution is -2.14. The number of halogens is 1. The number of aryl methyl sites for hydroxylation is 1. The molecule has 0 spiro atoms. The molecule has 1 aromatic heterocycles. The highest BCUT2D eigenvalue weighted by Gasteiger charge is 2.26. The van der Waals surface area contributed by atoms with E-state index in [9.17, 15) is 9.90 Å². The maximum Gasteiger partial charge on any atom is 0.356 e. The molecule has 5 nitrogen and oxygen atoms in total. The van der Waals surface area contributed by atoms with Crippen LogP contribution in [0.3, 0.4) is 0 Å². The number of benzene rings is 1. The quantitative estimate of drug-likeness (QED) is 0.924. The molecule has 0 atom stereocenters. The Bertz CT molecular complexity index is 694. The second-order valence-electron chi connectivity index (χ2n) is 4.72. The number of aromatic nitrogens is 2. The molecule has 2 heterocycles. The van der Waals surface area contributed by atoms with E-state index >= 15 is 0 Å². The van der Waals surface area contributed by atoms with Crippen LogP contribution in [0, 0.1) is 6.92 Å². The van der Waals surface area contributed by atoms with Crippen LogP contribution in [0.25, 0.3) is 5.69 Å². The van der Waals surface area contributed by atoms with Crippen LogP contribution in [0.1, 0.15) is 27.3 Å². The second-order valence-corrected chi connectivity index (χ2v) is 5.16. The van der Waals surface area contributed by atoms with Crippen LogP contribution in [0.4, 0.5) is 0 Å². The lowest BCUT2D eigenvalue weighted by molar-refractivity contribution is 0.0677. The van der Waals surface area contributed by atoms with Gasteiger partial charge in [0, 0.05) is 17.0 Å². The minimum atomic E-state index is -1.03. The first kappa shape index (κ1) is 13.1. The van der Waals surface area contributed by atoms with Crippen molar-refractivity contribution in [3.05, 3.63) is 45.7 Å². The number of fused-ring (bicyclic) bond motifs is 1. The SMILES string of the molecule is Cc1cc(Cl)ccc1-n1nc(C(=O)O)c2c1CCOC2. The number of nitrogens with zero attached hydrogens (tertiary/aromatic N) is 2. The van der Waals surface area contributed by atoms with Crippen LogP contribution in [0.5, 0.6) is 0 Å². The number of carboxylic acid groups (broad SMARTS) is 1. The van der Waals surface area contributed by atoms with Gasteiger partial charge in [-0.05, 0) is 30.7 Å². The Morgan fingerprint density at radius 2 is 2.30 bits per heavy atom. The van der Waals surface area contributed by atoms with E-state index < -0.39 is 5.97 Å². The molecular weight excluding hydrogens is 280 g/mol. The maximum atomic E-state index is 11.3. The molecule has 0 saturated heterocycles. The Kier molecular flexibility index (Phi) is 3.23. The van der Waals surface area contributed by atoms with Crippen molar-refractivity contribution in [1.29, 1.82) is 0 Å². The minimum absolute atomic E-state index is 0.0639. The predicted molar refractivity (Wildman–Crippen MR) is 73.6 cm³/mol. The molecule has 1 aliphatic heterocycles. The normalized spacial score (nSPS) is 14.1. The molecule has 0 unspecified atom stereocenters. The molecule has 2 aromatic rings. The molecule has 6 heteroatoms. The fraction of sp³-hybridized carbons (Fsp3) is 0.286. The summed E-state index contributed by atoms with van der Waals surface area (Å²) >= 11 is 5.96. The third-order valence-electron chi connectivity index (χ3n) is 3.41. The van der Waals surface area contributed by atoms with Gasteiger partial charge in [-0.1, -0.05) is 11.6 Å². The number of rotatable bonds is 2. The summed E-state index contributed by atoms with van der Waals surface area (Å²) in [5, 5.41) is 14.2. The molecule has 0 radical (unpaired) electrons. The standard InChI is InChI=1S/C14H13ClN2O3/c1-8-6-9(15)2-3-11(8)17-12-4-5-20-7-10(12)13(16-17)14(18)19/h2-3,6H,4-5,7H2,1H3,(H,18,19). The lowest BCUT2D eigenvalue weighted by Gasteiger charge is -2.16. The first-order valence-electron chi connectivity index (χ1n) is 6.26. The Balaban J connectivity index is 2.21. The van der Waals surface area contributed by atoms with Gasteiger partial charge in [-0.25, -0.2) is 9.48 Å². The zero-order valence-corrected chi connectivity index (χ0v) is 11.6. The highest BCUT2D eigenvalue weighted by Crippen LogP contribution is 2.26. The smallest absolute Gasteiger partial charge is 0.356 e. The number of carboxylic acids is 1. The fourth-order valence-electron chi connectivity index (χ4n) is 2.46. The topological polar surface area (TPSA) is 64.4 Å². The summed E-state index contributed by atoms with van der Waals surface area (Å²) in [6, 6.07) is 5.47.